The van der Waals surface area contributed by atoms with Crippen molar-refractivity contribution in [3.63, 3.8) is 0 Å². The molecular weight excluding hydrogens is 172 g/mol. The van der Waals surface area contributed by atoms with E-state index in [0.29, 0.717) is 12.2 Å². The van der Waals surface area contributed by atoms with E-state index < -0.39 is 0 Å². The summed E-state index contributed by atoms with van der Waals surface area (Å²) >= 11 is 0. The lowest BCUT2D eigenvalue weighted by Crippen LogP contribution is -2.02. The predicted molar refractivity (Wildman–Crippen MR) is 60.2 cm³/mol. The molecule has 1 aliphatic rings. The summed E-state index contributed by atoms with van der Waals surface area (Å²) in [6.45, 7) is 3.65. The molecule has 0 spiro atoms. The lowest BCUT2D eigenvalue weighted by atomic mass is 9.94. The van der Waals surface area contributed by atoms with E-state index in [1.54, 1.807) is 0 Å². The summed E-state index contributed by atoms with van der Waals surface area (Å²) in [7, 11) is 0. The lowest BCUT2D eigenvalue weighted by Gasteiger charge is -2.11. The van der Waals surface area contributed by atoms with Crippen molar-refractivity contribution in [2.45, 2.75) is 51.4 Å². The van der Waals surface area contributed by atoms with Gasteiger partial charge in [-0.3, -0.25) is 4.79 Å². The molecule has 1 rings (SSSR count). The highest BCUT2D eigenvalue weighted by atomic mass is 16.1. The first-order chi connectivity index (χ1) is 6.83. The average Bonchev–Trinajstić information content (AvgIpc) is 2.20. The highest BCUT2D eigenvalue weighted by molar-refractivity contribution is 5.80. The van der Waals surface area contributed by atoms with E-state index in [1.165, 1.54) is 24.8 Å². The third-order valence-corrected chi connectivity index (χ3v) is 2.67. The van der Waals surface area contributed by atoms with Gasteiger partial charge in [0.1, 0.15) is 5.78 Å². The van der Waals surface area contributed by atoms with Crippen LogP contribution in [-0.4, -0.2) is 5.78 Å². The molecule has 0 unspecified atom stereocenters. The highest BCUT2D eigenvalue weighted by Crippen LogP contribution is 2.20. The summed E-state index contributed by atoms with van der Waals surface area (Å²) in [6, 6.07) is 0. The predicted octanol–water partition coefficient (Wildman–Crippen LogP) is 3.80. The van der Waals surface area contributed by atoms with Crippen molar-refractivity contribution in [3.05, 3.63) is 24.3 Å². The van der Waals surface area contributed by atoms with E-state index in [2.05, 4.69) is 12.7 Å². The Kier molecular flexibility index (Phi) is 5.28. The number of hydrogen-bond donors (Lipinski definition) is 0. The van der Waals surface area contributed by atoms with Crippen LogP contribution in [0.1, 0.15) is 51.4 Å². The molecule has 0 heterocycles. The van der Waals surface area contributed by atoms with E-state index in [1.807, 2.05) is 6.08 Å². The Morgan fingerprint density at radius 2 is 2.36 bits per heavy atom. The van der Waals surface area contributed by atoms with Gasteiger partial charge in [-0.25, -0.2) is 0 Å². The zero-order valence-electron chi connectivity index (χ0n) is 8.93. The zero-order chi connectivity index (χ0) is 10.2. The topological polar surface area (TPSA) is 17.1 Å². The molecular formula is C13H20O. The van der Waals surface area contributed by atoms with Crippen LogP contribution in [0.4, 0.5) is 0 Å². The van der Waals surface area contributed by atoms with Gasteiger partial charge < -0.3 is 0 Å². The summed E-state index contributed by atoms with van der Waals surface area (Å²) < 4.78 is 0. The molecule has 0 saturated carbocycles. The number of ketones is 1. The quantitative estimate of drug-likeness (QED) is 0.462. The normalized spacial score (nSPS) is 16.1. The molecule has 0 atom stereocenters. The Morgan fingerprint density at radius 3 is 3.00 bits per heavy atom. The third kappa shape index (κ3) is 4.40. The molecule has 0 aliphatic heterocycles. The number of allylic oxidation sites excluding steroid dienone is 3. The van der Waals surface area contributed by atoms with Gasteiger partial charge in [-0.15, -0.1) is 6.58 Å². The summed E-state index contributed by atoms with van der Waals surface area (Å²) in [5.41, 5.74) is 1.37. The molecule has 0 bridgehead atoms. The standard InChI is InChI=1S/C13H20O/c1-2-3-5-10-13(14)11-12-8-6-4-7-9-12/h2,8H,1,3-7,9-11H2. The molecule has 0 aromatic carbocycles. The molecule has 14 heavy (non-hydrogen) atoms. The summed E-state index contributed by atoms with van der Waals surface area (Å²) in [5, 5.41) is 0. The minimum Gasteiger partial charge on any atom is -0.299 e. The van der Waals surface area contributed by atoms with Crippen molar-refractivity contribution in [3.8, 4) is 0 Å². The molecule has 0 N–H and O–H groups in total. The van der Waals surface area contributed by atoms with Crippen molar-refractivity contribution >= 4 is 5.78 Å². The molecule has 0 fully saturated rings. The summed E-state index contributed by atoms with van der Waals surface area (Å²) in [4.78, 5) is 11.5. The molecule has 0 radical (unpaired) electrons. The van der Waals surface area contributed by atoms with Crippen LogP contribution in [0.15, 0.2) is 24.3 Å². The maximum absolute atomic E-state index is 11.5. The number of rotatable bonds is 6. The first kappa shape index (κ1) is 11.2. The Labute approximate surface area is 86.9 Å². The lowest BCUT2D eigenvalue weighted by molar-refractivity contribution is -0.118. The van der Waals surface area contributed by atoms with Gasteiger partial charge in [0.2, 0.25) is 0 Å². The van der Waals surface area contributed by atoms with Crippen LogP contribution < -0.4 is 0 Å². The first-order valence-electron chi connectivity index (χ1n) is 5.63. The Hall–Kier alpha value is -0.850. The number of carbonyl (C=O) groups is 1. The van der Waals surface area contributed by atoms with E-state index in [0.717, 1.165) is 25.7 Å². The molecule has 1 nitrogen and oxygen atoms in total. The van der Waals surface area contributed by atoms with Crippen molar-refractivity contribution in [2.24, 2.45) is 0 Å². The smallest absolute Gasteiger partial charge is 0.136 e. The minimum atomic E-state index is 0.403. The second-order valence-electron chi connectivity index (χ2n) is 4.00. The fourth-order valence-electron chi connectivity index (χ4n) is 1.85. The van der Waals surface area contributed by atoms with Crippen molar-refractivity contribution in [1.82, 2.24) is 0 Å². The van der Waals surface area contributed by atoms with Crippen molar-refractivity contribution in [2.75, 3.05) is 0 Å². The monoisotopic (exact) mass is 192 g/mol. The first-order valence-corrected chi connectivity index (χ1v) is 5.63. The van der Waals surface area contributed by atoms with Gasteiger partial charge in [0.25, 0.3) is 0 Å². The Balaban J connectivity index is 2.18. The Bertz CT molecular complexity index is 225. The van der Waals surface area contributed by atoms with Crippen LogP contribution in [0.2, 0.25) is 0 Å². The van der Waals surface area contributed by atoms with E-state index in [9.17, 15) is 4.79 Å². The van der Waals surface area contributed by atoms with Gasteiger partial charge in [-0.1, -0.05) is 17.7 Å². The largest absolute Gasteiger partial charge is 0.299 e. The average molecular weight is 192 g/mol. The van der Waals surface area contributed by atoms with Crippen molar-refractivity contribution in [1.29, 1.82) is 0 Å². The SMILES string of the molecule is C=CCCCC(=O)CC1=CCCCC1. The fraction of sp³-hybridized carbons (Fsp3) is 0.615. The molecule has 1 heteroatoms. The van der Waals surface area contributed by atoms with Gasteiger partial charge in [0, 0.05) is 12.8 Å². The number of Topliss-reactive ketones (excluding diaryl/α,β-unsaturated/α-hetero) is 1. The third-order valence-electron chi connectivity index (χ3n) is 2.67. The molecule has 1 aliphatic carbocycles. The van der Waals surface area contributed by atoms with Gasteiger partial charge in [0.15, 0.2) is 0 Å². The van der Waals surface area contributed by atoms with Crippen LogP contribution in [0, 0.1) is 0 Å². The molecule has 0 aromatic heterocycles. The summed E-state index contributed by atoms with van der Waals surface area (Å²) in [6.07, 6.45) is 12.4. The van der Waals surface area contributed by atoms with E-state index >= 15 is 0 Å². The number of hydrogen-bond acceptors (Lipinski definition) is 1. The molecule has 0 aromatic rings. The van der Waals surface area contributed by atoms with Gasteiger partial charge in [-0.05, 0) is 38.5 Å². The fourth-order valence-corrected chi connectivity index (χ4v) is 1.85. The van der Waals surface area contributed by atoms with Crippen LogP contribution in [0.3, 0.4) is 0 Å². The minimum absolute atomic E-state index is 0.403. The second-order valence-corrected chi connectivity index (χ2v) is 4.00. The Morgan fingerprint density at radius 1 is 1.50 bits per heavy atom. The van der Waals surface area contributed by atoms with Gasteiger partial charge in [0.05, 0.1) is 0 Å². The number of unbranched alkanes of at least 4 members (excludes halogenated alkanes) is 1. The number of carbonyl (C=O) groups excluding carboxylic acids is 1. The van der Waals surface area contributed by atoms with Crippen LogP contribution in [-0.2, 0) is 4.79 Å². The highest BCUT2D eigenvalue weighted by Gasteiger charge is 2.08. The van der Waals surface area contributed by atoms with Gasteiger partial charge in [-0.2, -0.15) is 0 Å². The van der Waals surface area contributed by atoms with Crippen molar-refractivity contribution < 1.29 is 4.79 Å². The maximum Gasteiger partial charge on any atom is 0.136 e. The van der Waals surface area contributed by atoms with E-state index in [4.69, 9.17) is 0 Å². The molecule has 0 amide bonds. The van der Waals surface area contributed by atoms with Crippen LogP contribution in [0.25, 0.3) is 0 Å². The molecule has 0 saturated heterocycles. The van der Waals surface area contributed by atoms with Crippen LogP contribution in [0.5, 0.6) is 0 Å². The summed E-state index contributed by atoms with van der Waals surface area (Å²) in [5.74, 6) is 0.403. The maximum atomic E-state index is 11.5. The van der Waals surface area contributed by atoms with Crippen LogP contribution >= 0.6 is 0 Å². The van der Waals surface area contributed by atoms with Gasteiger partial charge >= 0.3 is 0 Å². The second kappa shape index (κ2) is 6.58. The molecule has 78 valence electrons. The zero-order valence-corrected chi connectivity index (χ0v) is 8.93. The van der Waals surface area contributed by atoms with E-state index in [-0.39, 0.29) is 0 Å².